The summed E-state index contributed by atoms with van der Waals surface area (Å²) in [5.41, 5.74) is -3.09. The Hall–Kier alpha value is -2.31. The van der Waals surface area contributed by atoms with Crippen molar-refractivity contribution in [1.82, 2.24) is 9.80 Å². The second kappa shape index (κ2) is 15.9. The smallest absolute Gasteiger partial charge is 0.411 e. The molecule has 0 aliphatic carbocycles. The Morgan fingerprint density at radius 2 is 1.65 bits per heavy atom. The van der Waals surface area contributed by atoms with Crippen molar-refractivity contribution in [2.45, 2.75) is 173 Å². The zero-order valence-corrected chi connectivity index (χ0v) is 35.7. The number of methoxy groups -OCH3 is 2. The molecule has 4 aliphatic rings. The largest absolute Gasteiger partial charge is 0.458 e. The van der Waals surface area contributed by atoms with Crippen LogP contribution in [0.25, 0.3) is 0 Å². The van der Waals surface area contributed by atoms with E-state index in [1.165, 1.54) is 0 Å². The highest BCUT2D eigenvalue weighted by molar-refractivity contribution is 5.91. The van der Waals surface area contributed by atoms with Gasteiger partial charge in [0, 0.05) is 44.2 Å². The van der Waals surface area contributed by atoms with Crippen LogP contribution in [-0.2, 0) is 38.0 Å². The Bertz CT molecular complexity index is 1450. The van der Waals surface area contributed by atoms with Crippen LogP contribution in [-0.4, -0.2) is 138 Å². The number of amides is 1. The Labute approximate surface area is 324 Å². The van der Waals surface area contributed by atoms with E-state index in [2.05, 4.69) is 24.7 Å². The number of carbonyl (C=O) groups is 2. The van der Waals surface area contributed by atoms with E-state index in [-0.39, 0.29) is 24.5 Å². The lowest BCUT2D eigenvalue weighted by molar-refractivity contribution is -0.374. The zero-order chi connectivity index (χ0) is 40.9. The maximum absolute atomic E-state index is 14.2. The van der Waals surface area contributed by atoms with Crippen molar-refractivity contribution >= 4 is 17.8 Å². The molecular weight excluding hydrogens is 694 g/mol. The van der Waals surface area contributed by atoms with E-state index < -0.39 is 88.7 Å². The maximum atomic E-state index is 14.2. The first-order valence-electron chi connectivity index (χ1n) is 19.6. The standard InChI is InChI=1S/C41H69N3O10/c1-18-20-50-39(11)21-23(3)29-24(4)32-41(13,54-36(47)44(32)38(9,10)37(7,8)42-29)28(19-2)51-34(46)26(6)30(45)25(5)33(39)52-35-31(48-16)27(43(14)15)22-40(12,49-17)53-35/h1,23-28,30-33,35,45H,19-22H2,2-17H3/t23-,24+,25+,26-,27+,28-,30+,31-,32-,33-,35-,39+,40-,41-/m1/s1. The van der Waals surface area contributed by atoms with Crippen LogP contribution < -0.4 is 0 Å². The summed E-state index contributed by atoms with van der Waals surface area (Å²) in [4.78, 5) is 37.6. The molecule has 54 heavy (non-hydrogen) atoms. The van der Waals surface area contributed by atoms with Gasteiger partial charge in [-0.05, 0) is 88.2 Å². The van der Waals surface area contributed by atoms with Gasteiger partial charge in [-0.3, -0.25) is 14.7 Å². The van der Waals surface area contributed by atoms with Crippen LogP contribution >= 0.6 is 0 Å². The molecule has 1 amide bonds. The number of nitrogens with zero attached hydrogens (tertiary/aromatic N) is 3. The molecule has 0 aromatic heterocycles. The number of likely N-dealkylation sites (N-methyl/N-ethyl adjacent to an activating group) is 1. The molecule has 3 saturated heterocycles. The number of cyclic esters (lactones) is 1. The molecule has 0 aromatic carbocycles. The number of hydrogen-bond donors (Lipinski definition) is 1. The summed E-state index contributed by atoms with van der Waals surface area (Å²) in [5.74, 6) is -1.32. The van der Waals surface area contributed by atoms with Crippen molar-refractivity contribution in [3.8, 4) is 12.3 Å². The minimum Gasteiger partial charge on any atom is -0.458 e. The number of aliphatic hydroxyl groups is 1. The number of fused-ring (bicyclic) bond motifs is 1. The van der Waals surface area contributed by atoms with Crippen molar-refractivity contribution in [2.75, 3.05) is 34.9 Å². The van der Waals surface area contributed by atoms with Crippen LogP contribution in [0.2, 0.25) is 0 Å². The summed E-state index contributed by atoms with van der Waals surface area (Å²) >= 11 is 0. The van der Waals surface area contributed by atoms with Gasteiger partial charge in [-0.15, -0.1) is 6.42 Å². The lowest BCUT2D eigenvalue weighted by Gasteiger charge is -2.51. The predicted molar refractivity (Wildman–Crippen MR) is 205 cm³/mol. The lowest BCUT2D eigenvalue weighted by atomic mass is 9.72. The fraction of sp³-hybridized carbons (Fsp3) is 0.878. The number of hydrogen-bond acceptors (Lipinski definition) is 12. The van der Waals surface area contributed by atoms with Gasteiger partial charge >= 0.3 is 12.1 Å². The summed E-state index contributed by atoms with van der Waals surface area (Å²) in [5, 5.41) is 12.1. The normalized spacial score (nSPS) is 44.1. The van der Waals surface area contributed by atoms with Crippen molar-refractivity contribution in [3.05, 3.63) is 0 Å². The molecule has 0 aromatic rings. The average molecular weight is 764 g/mol. The third kappa shape index (κ3) is 7.70. The van der Waals surface area contributed by atoms with E-state index >= 15 is 0 Å². The van der Waals surface area contributed by atoms with E-state index in [9.17, 15) is 14.7 Å². The van der Waals surface area contributed by atoms with Gasteiger partial charge in [-0.1, -0.05) is 33.6 Å². The van der Waals surface area contributed by atoms with E-state index in [0.29, 0.717) is 19.3 Å². The molecule has 0 saturated carbocycles. The maximum Gasteiger partial charge on any atom is 0.411 e. The van der Waals surface area contributed by atoms with Crippen molar-refractivity contribution < 1.29 is 47.9 Å². The fourth-order valence-corrected chi connectivity index (χ4v) is 9.59. The second-order valence-corrected chi connectivity index (χ2v) is 18.0. The zero-order valence-electron chi connectivity index (χ0n) is 35.7. The fourth-order valence-electron chi connectivity index (χ4n) is 9.59. The lowest BCUT2D eigenvalue weighted by Crippen LogP contribution is -2.64. The summed E-state index contributed by atoms with van der Waals surface area (Å²) < 4.78 is 44.9. The predicted octanol–water partition coefficient (Wildman–Crippen LogP) is 5.06. The van der Waals surface area contributed by atoms with Crippen LogP contribution in [0.15, 0.2) is 4.99 Å². The molecule has 4 heterocycles. The summed E-state index contributed by atoms with van der Waals surface area (Å²) in [6, 6.07) is -0.699. The average Bonchev–Trinajstić information content (AvgIpc) is 3.36. The van der Waals surface area contributed by atoms with E-state index in [4.69, 9.17) is 44.6 Å². The highest BCUT2D eigenvalue weighted by atomic mass is 16.8. The van der Waals surface area contributed by atoms with Gasteiger partial charge in [0.15, 0.2) is 17.7 Å². The highest BCUT2D eigenvalue weighted by Gasteiger charge is 2.66. The molecule has 4 aliphatic heterocycles. The minimum atomic E-state index is -1.26. The molecule has 1 N–H and O–H groups in total. The minimum absolute atomic E-state index is 0.0472. The summed E-state index contributed by atoms with van der Waals surface area (Å²) in [6.07, 6.45) is 2.10. The first-order valence-corrected chi connectivity index (χ1v) is 19.6. The number of esters is 1. The molecule has 308 valence electrons. The Morgan fingerprint density at radius 3 is 2.19 bits per heavy atom. The van der Waals surface area contributed by atoms with Crippen molar-refractivity contribution in [1.29, 1.82) is 0 Å². The molecule has 0 spiro atoms. The van der Waals surface area contributed by atoms with Gasteiger partial charge < -0.3 is 43.2 Å². The number of rotatable bonds is 8. The van der Waals surface area contributed by atoms with E-state index in [0.717, 1.165) is 5.71 Å². The number of carbonyl (C=O) groups excluding carboxylic acids is 2. The van der Waals surface area contributed by atoms with Crippen LogP contribution in [0, 0.1) is 36.0 Å². The van der Waals surface area contributed by atoms with E-state index in [1.54, 1.807) is 21.1 Å². The topological polar surface area (TPSA) is 138 Å². The van der Waals surface area contributed by atoms with Crippen LogP contribution in [0.3, 0.4) is 0 Å². The van der Waals surface area contributed by atoms with Gasteiger partial charge in [-0.25, -0.2) is 4.79 Å². The van der Waals surface area contributed by atoms with Gasteiger partial charge in [0.05, 0.1) is 40.8 Å². The van der Waals surface area contributed by atoms with Crippen LogP contribution in [0.1, 0.15) is 102 Å². The van der Waals surface area contributed by atoms with Crippen LogP contribution in [0.5, 0.6) is 0 Å². The second-order valence-electron chi connectivity index (χ2n) is 18.0. The molecule has 3 fully saturated rings. The first-order chi connectivity index (χ1) is 24.9. The van der Waals surface area contributed by atoms with Crippen molar-refractivity contribution in [2.24, 2.45) is 28.7 Å². The highest BCUT2D eigenvalue weighted by Crippen LogP contribution is 2.50. The number of ether oxygens (including phenoxy) is 7. The van der Waals surface area contributed by atoms with Gasteiger partial charge in [0.1, 0.15) is 18.8 Å². The number of aliphatic imine (C=N–C) groups is 1. The summed E-state index contributed by atoms with van der Waals surface area (Å²) in [6.45, 7) is 23.2. The Morgan fingerprint density at radius 1 is 1.02 bits per heavy atom. The molecule has 2 bridgehead atoms. The quantitative estimate of drug-likeness (QED) is 0.263. The Balaban J connectivity index is 1.97. The van der Waals surface area contributed by atoms with Crippen molar-refractivity contribution in [3.63, 3.8) is 0 Å². The molecule has 13 nitrogen and oxygen atoms in total. The first kappa shape index (κ1) is 44.4. The number of terminal acetylenes is 1. The van der Waals surface area contributed by atoms with E-state index in [1.807, 2.05) is 81.3 Å². The Kier molecular flexibility index (Phi) is 13.1. The molecular formula is C41H69N3O10. The van der Waals surface area contributed by atoms with Gasteiger partial charge in [0.2, 0.25) is 0 Å². The van der Waals surface area contributed by atoms with Gasteiger partial charge in [-0.2, -0.15) is 0 Å². The molecule has 4 rings (SSSR count). The SMILES string of the molecule is C#CCO[C@@]1(C)C[C@@H](C)C2=NC(C)(C)C(C)(C)N3C(=O)O[C@](C)([C@@H](CC)OC(=O)[C@H](C)[C@@H](O)[C@H](C)[C@H]1O[C@@H]1O[C@@](C)(OC)C[C@H](N(C)C)[C@H]1OC)[C@H]3[C@H]2C. The van der Waals surface area contributed by atoms with Gasteiger partial charge in [0.25, 0.3) is 0 Å². The molecule has 14 atom stereocenters. The monoisotopic (exact) mass is 763 g/mol. The molecule has 0 unspecified atom stereocenters. The molecule has 13 heteroatoms. The third-order valence-corrected chi connectivity index (χ3v) is 13.5. The van der Waals surface area contributed by atoms with Crippen LogP contribution in [0.4, 0.5) is 4.79 Å². The summed E-state index contributed by atoms with van der Waals surface area (Å²) in [7, 11) is 7.14. The third-order valence-electron chi connectivity index (χ3n) is 13.5. The number of aliphatic hydroxyl groups excluding tert-OH is 1. The molecule has 0 radical (unpaired) electrons.